The second-order valence-electron chi connectivity index (χ2n) is 38.3. The molecule has 0 saturated carbocycles. The maximum absolute atomic E-state index is 3.80. The van der Waals surface area contributed by atoms with E-state index in [9.17, 15) is 0 Å². The van der Waals surface area contributed by atoms with E-state index in [4.69, 9.17) is 0 Å². The summed E-state index contributed by atoms with van der Waals surface area (Å²) in [6.45, 7) is 67.3. The molecule has 0 saturated heterocycles. The molecule has 6 rings (SSSR count). The van der Waals surface area contributed by atoms with Crippen LogP contribution in [-0.2, 0) is 10.8 Å². The Morgan fingerprint density at radius 3 is 0.645 bits per heavy atom. The lowest BCUT2D eigenvalue weighted by Crippen LogP contribution is -2.33. The van der Waals surface area contributed by atoms with Gasteiger partial charge in [-0.2, -0.15) is 0 Å². The molecule has 0 bridgehead atoms. The van der Waals surface area contributed by atoms with Crippen molar-refractivity contribution in [2.75, 3.05) is 245 Å². The summed E-state index contributed by atoms with van der Waals surface area (Å²) in [6.07, 6.45) is 41.8. The van der Waals surface area contributed by atoms with Gasteiger partial charge in [-0.3, -0.25) is 0 Å². The fourth-order valence-corrected chi connectivity index (χ4v) is 20.2. The van der Waals surface area contributed by atoms with Gasteiger partial charge in [0, 0.05) is 10.8 Å². The van der Waals surface area contributed by atoms with Gasteiger partial charge in [0.2, 0.25) is 0 Å². The third-order valence-corrected chi connectivity index (χ3v) is 27.8. The Balaban J connectivity index is 0.000000430. The third kappa shape index (κ3) is 41.6. The summed E-state index contributed by atoms with van der Waals surface area (Å²) in [5.41, 5.74) is 18.5. The molecule has 13 nitrogen and oxygen atoms in total. The summed E-state index contributed by atoms with van der Waals surface area (Å²) in [6, 6.07) is 29.4. The van der Waals surface area contributed by atoms with Gasteiger partial charge in [-0.15, -0.1) is 0 Å². The highest BCUT2D eigenvalue weighted by Gasteiger charge is 2.44. The lowest BCUT2D eigenvalue weighted by molar-refractivity contribution is 0.214. The van der Waals surface area contributed by atoms with Crippen molar-refractivity contribution in [1.29, 1.82) is 0 Å². The van der Waals surface area contributed by atoms with Crippen LogP contribution >= 0.6 is 0 Å². The van der Waals surface area contributed by atoms with Gasteiger partial charge in [-0.25, -0.2) is 0 Å². The summed E-state index contributed by atoms with van der Waals surface area (Å²) in [5.74, 6) is 0. The van der Waals surface area contributed by atoms with Crippen LogP contribution in [0.1, 0.15) is 312 Å². The molecule has 121 heavy (non-hydrogen) atoms. The number of nitrogens with zero attached hydrogens (tertiary/aromatic N) is 11. The molecule has 694 valence electrons. The summed E-state index contributed by atoms with van der Waals surface area (Å²) < 4.78 is 0. The molecule has 13 heteroatoms. The Labute approximate surface area is 751 Å². The molecule has 0 aliphatic heterocycles. The Morgan fingerprint density at radius 2 is 0.405 bits per heavy atom. The number of benzene rings is 4. The second kappa shape index (κ2) is 65.0. The van der Waals surface area contributed by atoms with E-state index in [1.807, 2.05) is 0 Å². The maximum Gasteiger partial charge on any atom is 0.0215 e. The molecule has 4 aromatic carbocycles. The quantitative estimate of drug-likeness (QED) is 0.0413. The largest absolute Gasteiger partial charge is 0.317 e. The summed E-state index contributed by atoms with van der Waals surface area (Å²) in [4.78, 5) is 28.3. The average Bonchev–Trinajstić information content (AvgIpc) is 1.58. The van der Waals surface area contributed by atoms with Crippen molar-refractivity contribution in [3.05, 3.63) is 117 Å². The molecule has 4 aromatic rings. The van der Waals surface area contributed by atoms with Crippen molar-refractivity contribution in [1.82, 2.24) is 64.5 Å². The smallest absolute Gasteiger partial charge is 0.0215 e. The van der Waals surface area contributed by atoms with Gasteiger partial charge in [0.25, 0.3) is 0 Å². The van der Waals surface area contributed by atoms with Crippen LogP contribution in [0.5, 0.6) is 0 Å². The first-order valence-corrected chi connectivity index (χ1v) is 51.4. The van der Waals surface area contributed by atoms with Crippen molar-refractivity contribution >= 4 is 0 Å². The first-order valence-electron chi connectivity index (χ1n) is 51.4. The van der Waals surface area contributed by atoms with Gasteiger partial charge < -0.3 is 64.5 Å². The first-order chi connectivity index (χ1) is 58.8. The monoisotopic (exact) mass is 1680 g/mol. The molecular weight excluding hydrogens is 1480 g/mol. The molecule has 2 N–H and O–H groups in total. The maximum atomic E-state index is 3.80. The van der Waals surface area contributed by atoms with E-state index in [0.29, 0.717) is 0 Å². The number of hydrogen-bond acceptors (Lipinski definition) is 13. The van der Waals surface area contributed by atoms with Crippen molar-refractivity contribution < 1.29 is 0 Å². The molecule has 0 atom stereocenters. The highest BCUT2D eigenvalue weighted by atomic mass is 15.2. The van der Waals surface area contributed by atoms with Crippen LogP contribution in [0.15, 0.2) is 72.8 Å². The van der Waals surface area contributed by atoms with Gasteiger partial charge in [-0.05, 0) is 433 Å². The molecule has 0 fully saturated rings. The molecule has 0 unspecified atom stereocenters. The average molecular weight is 1680 g/mol. The topological polar surface area (TPSA) is 59.7 Å². The van der Waals surface area contributed by atoms with Crippen molar-refractivity contribution in [2.24, 2.45) is 0 Å². The fraction of sp³-hybridized carbons (Fsp3) is 0.778. The Kier molecular flexibility index (Phi) is 57.9. The molecule has 0 amide bonds. The van der Waals surface area contributed by atoms with Crippen molar-refractivity contribution in [3.8, 4) is 22.3 Å². The lowest BCUT2D eigenvalue weighted by atomic mass is 9.70. The van der Waals surface area contributed by atoms with E-state index in [2.05, 4.69) is 270 Å². The van der Waals surface area contributed by atoms with E-state index in [1.54, 1.807) is 22.3 Å². The Bertz CT molecular complexity index is 2980. The van der Waals surface area contributed by atoms with Crippen molar-refractivity contribution in [2.45, 2.75) is 306 Å². The van der Waals surface area contributed by atoms with Gasteiger partial charge >= 0.3 is 0 Å². The van der Waals surface area contributed by atoms with Gasteiger partial charge in [0.15, 0.2) is 0 Å². The lowest BCUT2D eigenvalue weighted by Gasteiger charge is -2.33. The van der Waals surface area contributed by atoms with Gasteiger partial charge in [-0.1, -0.05) is 247 Å². The Morgan fingerprint density at radius 1 is 0.207 bits per heavy atom. The summed E-state index contributed by atoms with van der Waals surface area (Å²) >= 11 is 0. The molecule has 2 aliphatic carbocycles. The van der Waals surface area contributed by atoms with E-state index in [1.165, 1.54) is 427 Å². The van der Waals surface area contributed by atoms with Crippen LogP contribution in [0.3, 0.4) is 0 Å². The minimum absolute atomic E-state index is 0.143. The molecule has 2 aliphatic rings. The number of fused-ring (bicyclic) bond motifs is 6. The van der Waals surface area contributed by atoms with Crippen LogP contribution in [0, 0.1) is 27.7 Å². The molecule has 0 spiro atoms. The van der Waals surface area contributed by atoms with Gasteiger partial charge in [0.05, 0.1) is 0 Å². The molecule has 0 aromatic heterocycles. The molecular formula is C108H197N13. The number of rotatable bonds is 76. The fourth-order valence-electron chi connectivity index (χ4n) is 20.2. The van der Waals surface area contributed by atoms with E-state index >= 15 is 0 Å². The summed E-state index contributed by atoms with van der Waals surface area (Å²) in [7, 11) is 13.1. The van der Waals surface area contributed by atoms with Gasteiger partial charge in [0.1, 0.15) is 0 Å². The Hall–Kier alpha value is -3.64. The van der Waals surface area contributed by atoms with E-state index in [0.717, 1.165) is 26.2 Å². The first kappa shape index (κ1) is 108. The van der Waals surface area contributed by atoms with E-state index in [-0.39, 0.29) is 10.8 Å². The normalized spacial score (nSPS) is 13.5. The number of nitrogens with one attached hydrogen (secondary N) is 2. The standard InChI is InChI=1S/C55H100N6.C53H97N7/c1-11-56(12-2)39-27-43-60(44-28-40-57(13-3)14-4)37-25-21-19-23-35-55(53-47-49(9)31-33-51(53)52-34-32-50(10)48-54(52)55)36-24-20-22-26-38-61(45-29-41-58(15-5)16-6)46-30-42-59(17-7)18-8;1-10-11-20-39-59(42-23-36-56(4)5)40-21-34-54-32-18-14-12-16-30-53(51-45-47(2)26-28-49(51)50-29-27-48(3)46-52(50)53)31-17-13-15-19-33-55-35-22-41-60(43-24-37-57(6)7)44-25-38-58(8)9/h31-34,47-48H,11-30,35-46H2,1-10H3;26-29,45-46,54-55H,10-25,30-44H2,1-9H3. The van der Waals surface area contributed by atoms with Crippen molar-refractivity contribution in [3.63, 3.8) is 0 Å². The van der Waals surface area contributed by atoms with Crippen LogP contribution in [0.4, 0.5) is 0 Å². The van der Waals surface area contributed by atoms with Crippen LogP contribution in [0.2, 0.25) is 0 Å². The number of aryl methyl sites for hydroxylation is 4. The summed E-state index contributed by atoms with van der Waals surface area (Å²) in [5, 5.41) is 7.60. The molecule has 0 radical (unpaired) electrons. The molecule has 0 heterocycles. The van der Waals surface area contributed by atoms with Crippen LogP contribution in [-0.4, -0.2) is 299 Å². The van der Waals surface area contributed by atoms with Crippen LogP contribution in [0.25, 0.3) is 22.3 Å². The van der Waals surface area contributed by atoms with Crippen LogP contribution < -0.4 is 10.6 Å². The predicted molar refractivity (Wildman–Crippen MR) is 536 cm³/mol. The minimum atomic E-state index is 0.143. The highest BCUT2D eigenvalue weighted by Crippen LogP contribution is 2.56. The third-order valence-electron chi connectivity index (χ3n) is 27.8. The SMILES string of the molecule is CCCCCN(CCCNCCCCCCC1(CCCCCCNCCCN(CCCN(C)C)CCCN(C)C)c2cc(C)ccc2-c2ccc(C)cc21)CCCN(C)C.CCN(CC)CCCN(CCCCCCC1(CCCCCCN(CCCN(CC)CC)CCCN(CC)CC)c2cc(C)ccc2-c2ccc(C)cc21)CCCN(CC)CC. The minimum Gasteiger partial charge on any atom is -0.317 e. The predicted octanol–water partition coefficient (Wildman–Crippen LogP) is 22.1. The zero-order chi connectivity index (χ0) is 87.7. The number of hydrogen-bond donors (Lipinski definition) is 2. The van der Waals surface area contributed by atoms with E-state index < -0.39 is 0 Å². The zero-order valence-electron chi connectivity index (χ0n) is 83.4. The highest BCUT2D eigenvalue weighted by molar-refractivity contribution is 5.83. The number of unbranched alkanes of at least 4 members (excludes halogenated alkanes) is 14. The second-order valence-corrected chi connectivity index (χ2v) is 38.3. The zero-order valence-corrected chi connectivity index (χ0v) is 83.4.